The van der Waals surface area contributed by atoms with E-state index in [1.165, 1.54) is 28.2 Å². The van der Waals surface area contributed by atoms with E-state index in [1.54, 1.807) is 10.7 Å². The van der Waals surface area contributed by atoms with E-state index >= 15 is 0 Å². The van der Waals surface area contributed by atoms with Crippen LogP contribution in [0.2, 0.25) is 0 Å². The minimum atomic E-state index is -0.0853. The molecule has 5 heteroatoms. The van der Waals surface area contributed by atoms with Crippen LogP contribution in [-0.4, -0.2) is 14.2 Å². The largest absolute Gasteiger partial charge is 0.276 e. The van der Waals surface area contributed by atoms with Crippen molar-refractivity contribution >= 4 is 23.2 Å². The summed E-state index contributed by atoms with van der Waals surface area (Å²) in [6, 6.07) is 10.1. The summed E-state index contributed by atoms with van der Waals surface area (Å²) in [4.78, 5) is 11.2. The highest BCUT2D eigenvalue weighted by Crippen LogP contribution is 2.30. The molecule has 1 N–H and O–H groups in total. The number of aromatic nitrogens is 3. The molecule has 2 heterocycles. The maximum Gasteiger partial charge on any atom is 0.260 e. The summed E-state index contributed by atoms with van der Waals surface area (Å²) in [5, 5.41) is 5.17. The zero-order valence-corrected chi connectivity index (χ0v) is 12.1. The molecule has 1 aliphatic carbocycles. The van der Waals surface area contributed by atoms with Gasteiger partial charge in [-0.3, -0.25) is 9.17 Å². The molecule has 21 heavy (non-hydrogen) atoms. The number of aromatic amines is 1. The van der Waals surface area contributed by atoms with Gasteiger partial charge < -0.3 is 0 Å². The highest BCUT2D eigenvalue weighted by molar-refractivity contribution is 7.08. The van der Waals surface area contributed by atoms with Crippen LogP contribution < -0.4 is 5.56 Å². The van der Waals surface area contributed by atoms with Gasteiger partial charge >= 0.3 is 0 Å². The fraction of sp³-hybridized carbons (Fsp3) is 0.125. The number of nitrogens with one attached hydrogen (secondary N) is 1. The molecule has 0 radical (unpaired) electrons. The number of H-pyrrole nitrogens is 1. The summed E-state index contributed by atoms with van der Waals surface area (Å²) in [6.45, 7) is 0. The number of hydrogen-bond donors (Lipinski definition) is 1. The Morgan fingerprint density at radius 2 is 2.14 bits per heavy atom. The van der Waals surface area contributed by atoms with Crippen LogP contribution >= 0.6 is 11.5 Å². The Morgan fingerprint density at radius 1 is 1.24 bits per heavy atom. The molecule has 4 nitrogen and oxygen atoms in total. The molecule has 1 aliphatic rings. The number of nitrogens with zero attached hydrogens (tertiary/aromatic N) is 2. The molecule has 0 unspecified atom stereocenters. The van der Waals surface area contributed by atoms with E-state index in [2.05, 4.69) is 39.8 Å². The maximum atomic E-state index is 11.2. The number of benzene rings is 1. The Bertz CT molecular complexity index is 885. The first-order valence-corrected chi connectivity index (χ1v) is 7.64. The summed E-state index contributed by atoms with van der Waals surface area (Å²) < 4.78 is 4.43. The lowest BCUT2D eigenvalue weighted by Crippen LogP contribution is -1.98. The Balaban J connectivity index is 1.71. The predicted molar refractivity (Wildman–Crippen MR) is 84.7 cm³/mol. The van der Waals surface area contributed by atoms with Crippen LogP contribution in [0.15, 0.2) is 47.5 Å². The van der Waals surface area contributed by atoms with E-state index in [4.69, 9.17) is 0 Å². The zero-order chi connectivity index (χ0) is 14.2. The maximum absolute atomic E-state index is 11.2. The van der Waals surface area contributed by atoms with Crippen molar-refractivity contribution in [3.63, 3.8) is 0 Å². The highest BCUT2D eigenvalue weighted by atomic mass is 32.1. The SMILES string of the molecule is O=c1cc(-n2cc(C3=Cc4ccccc4CC3)cn2)s[nH]1. The number of aryl methyl sites for hydroxylation is 1. The van der Waals surface area contributed by atoms with Crippen LogP contribution in [0.5, 0.6) is 0 Å². The number of fused-ring (bicyclic) bond motifs is 1. The molecule has 0 spiro atoms. The van der Waals surface area contributed by atoms with Crippen molar-refractivity contribution in [3.8, 4) is 5.00 Å². The molecule has 104 valence electrons. The lowest BCUT2D eigenvalue weighted by Gasteiger charge is -2.15. The Morgan fingerprint density at radius 3 is 3.00 bits per heavy atom. The van der Waals surface area contributed by atoms with Crippen molar-refractivity contribution in [2.24, 2.45) is 0 Å². The summed E-state index contributed by atoms with van der Waals surface area (Å²) in [6.07, 6.45) is 8.17. The zero-order valence-electron chi connectivity index (χ0n) is 11.2. The second kappa shape index (κ2) is 4.86. The van der Waals surface area contributed by atoms with Gasteiger partial charge in [0.25, 0.3) is 5.56 Å². The number of hydrogen-bond acceptors (Lipinski definition) is 3. The molecular weight excluding hydrogens is 282 g/mol. The minimum absolute atomic E-state index is 0.0853. The van der Waals surface area contributed by atoms with Crippen molar-refractivity contribution in [3.05, 3.63) is 69.8 Å². The fourth-order valence-corrected chi connectivity index (χ4v) is 3.28. The molecule has 0 aliphatic heterocycles. The van der Waals surface area contributed by atoms with Gasteiger partial charge in [0, 0.05) is 17.8 Å². The van der Waals surface area contributed by atoms with Crippen molar-refractivity contribution in [1.82, 2.24) is 14.2 Å². The Labute approximate surface area is 125 Å². The van der Waals surface area contributed by atoms with E-state index in [0.29, 0.717) is 0 Å². The first kappa shape index (κ1) is 12.3. The molecule has 2 aromatic heterocycles. The van der Waals surface area contributed by atoms with Gasteiger partial charge in [0.2, 0.25) is 0 Å². The van der Waals surface area contributed by atoms with Gasteiger partial charge in [-0.25, -0.2) is 4.68 Å². The van der Waals surface area contributed by atoms with E-state index in [1.807, 2.05) is 12.4 Å². The standard InChI is InChI=1S/C16H13N3OS/c20-15-8-16(21-18-15)19-10-14(9-17-19)13-6-5-11-3-1-2-4-12(11)7-13/h1-4,7-10H,5-6H2,(H,18,20). The van der Waals surface area contributed by atoms with Crippen LogP contribution in [-0.2, 0) is 6.42 Å². The molecule has 0 saturated heterocycles. The third-order valence-corrected chi connectivity index (χ3v) is 4.56. The smallest absolute Gasteiger partial charge is 0.260 e. The number of rotatable bonds is 2. The van der Waals surface area contributed by atoms with Gasteiger partial charge in [-0.1, -0.05) is 30.3 Å². The second-order valence-corrected chi connectivity index (χ2v) is 5.92. The van der Waals surface area contributed by atoms with Crippen molar-refractivity contribution in [2.75, 3.05) is 0 Å². The van der Waals surface area contributed by atoms with Crippen molar-refractivity contribution < 1.29 is 0 Å². The average molecular weight is 295 g/mol. The number of allylic oxidation sites excluding steroid dienone is 1. The third-order valence-electron chi connectivity index (χ3n) is 3.74. The highest BCUT2D eigenvalue weighted by Gasteiger charge is 2.13. The molecule has 0 atom stereocenters. The summed E-state index contributed by atoms with van der Waals surface area (Å²) in [5.74, 6) is 0. The molecule has 4 rings (SSSR count). The van der Waals surface area contributed by atoms with Gasteiger partial charge in [0.15, 0.2) is 0 Å². The van der Waals surface area contributed by atoms with Gasteiger partial charge in [-0.2, -0.15) is 5.10 Å². The molecule has 1 aromatic carbocycles. The molecule has 0 fully saturated rings. The Kier molecular flexibility index (Phi) is 2.86. The lowest BCUT2D eigenvalue weighted by atomic mass is 9.90. The summed E-state index contributed by atoms with van der Waals surface area (Å²) >= 11 is 1.29. The van der Waals surface area contributed by atoms with Gasteiger partial charge in [-0.15, -0.1) is 0 Å². The third kappa shape index (κ3) is 2.25. The molecular formula is C16H13N3OS. The summed E-state index contributed by atoms with van der Waals surface area (Å²) in [5.41, 5.74) is 5.02. The average Bonchev–Trinajstić information content (AvgIpc) is 3.15. The minimum Gasteiger partial charge on any atom is -0.276 e. The van der Waals surface area contributed by atoms with E-state index < -0.39 is 0 Å². The summed E-state index contributed by atoms with van der Waals surface area (Å²) in [7, 11) is 0. The first-order valence-electron chi connectivity index (χ1n) is 6.82. The Hall–Kier alpha value is -2.40. The lowest BCUT2D eigenvalue weighted by molar-refractivity contribution is 0.897. The normalized spacial score (nSPS) is 13.8. The monoisotopic (exact) mass is 295 g/mol. The van der Waals surface area contributed by atoms with Gasteiger partial charge in [0.1, 0.15) is 5.00 Å². The van der Waals surface area contributed by atoms with Crippen molar-refractivity contribution in [1.29, 1.82) is 0 Å². The van der Waals surface area contributed by atoms with Crippen LogP contribution in [0.3, 0.4) is 0 Å². The molecule has 3 aromatic rings. The van der Waals surface area contributed by atoms with Crippen LogP contribution in [0.25, 0.3) is 16.7 Å². The molecule has 0 bridgehead atoms. The van der Waals surface area contributed by atoms with E-state index in [-0.39, 0.29) is 5.56 Å². The quantitative estimate of drug-likeness (QED) is 0.789. The van der Waals surface area contributed by atoms with Crippen LogP contribution in [0.1, 0.15) is 23.1 Å². The van der Waals surface area contributed by atoms with Crippen molar-refractivity contribution in [2.45, 2.75) is 12.8 Å². The topological polar surface area (TPSA) is 50.7 Å². The predicted octanol–water partition coefficient (Wildman–Crippen LogP) is 3.11. The fourth-order valence-electron chi connectivity index (χ4n) is 2.66. The van der Waals surface area contributed by atoms with Crippen LogP contribution in [0.4, 0.5) is 0 Å². The molecule has 0 saturated carbocycles. The van der Waals surface area contributed by atoms with Gasteiger partial charge in [-0.05, 0) is 41.1 Å². The van der Waals surface area contributed by atoms with Gasteiger partial charge in [0.05, 0.1) is 6.20 Å². The second-order valence-electron chi connectivity index (χ2n) is 5.09. The van der Waals surface area contributed by atoms with Crippen LogP contribution in [0, 0.1) is 0 Å². The van der Waals surface area contributed by atoms with E-state index in [9.17, 15) is 4.79 Å². The molecule has 0 amide bonds. The first-order chi connectivity index (χ1) is 10.3. The van der Waals surface area contributed by atoms with E-state index in [0.717, 1.165) is 23.4 Å².